The number of nitrogens with two attached hydrogens (primary N) is 1. The summed E-state index contributed by atoms with van der Waals surface area (Å²) in [6, 6.07) is 0. The molecule has 0 aliphatic heterocycles. The van der Waals surface area contributed by atoms with Crippen LogP contribution in [0.3, 0.4) is 0 Å². The van der Waals surface area contributed by atoms with Crippen molar-refractivity contribution in [2.24, 2.45) is 5.73 Å². The first-order valence-electron chi connectivity index (χ1n) is 2.99. The molecule has 9 heavy (non-hydrogen) atoms. The molecular formula is C7H12ClN. The average molecular weight is 146 g/mol. The van der Waals surface area contributed by atoms with Crippen LogP contribution < -0.4 is 5.73 Å². The molecule has 1 saturated carbocycles. The Hall–Kier alpha value is -0.190. The Morgan fingerprint density at radius 2 is 2.11 bits per heavy atom. The number of terminal acetylenes is 1. The quantitative estimate of drug-likeness (QED) is 0.554. The Morgan fingerprint density at radius 3 is 2.22 bits per heavy atom. The van der Waals surface area contributed by atoms with E-state index < -0.39 is 0 Å². The van der Waals surface area contributed by atoms with Gasteiger partial charge < -0.3 is 5.73 Å². The predicted molar refractivity (Wildman–Crippen MR) is 41.5 cm³/mol. The molecule has 0 aromatic heterocycles. The van der Waals surface area contributed by atoms with Crippen LogP contribution in [0.15, 0.2) is 0 Å². The largest absolute Gasteiger partial charge is 0.324 e. The van der Waals surface area contributed by atoms with E-state index in [0.29, 0.717) is 0 Å². The van der Waals surface area contributed by atoms with E-state index in [9.17, 15) is 0 Å². The molecular weight excluding hydrogens is 134 g/mol. The zero-order valence-corrected chi connectivity index (χ0v) is 6.21. The van der Waals surface area contributed by atoms with Crippen LogP contribution in [0.5, 0.6) is 0 Å². The van der Waals surface area contributed by atoms with Crippen LogP contribution in [-0.2, 0) is 0 Å². The van der Waals surface area contributed by atoms with Crippen molar-refractivity contribution in [1.29, 1.82) is 0 Å². The second kappa shape index (κ2) is 3.10. The van der Waals surface area contributed by atoms with Gasteiger partial charge in [0.05, 0.1) is 0 Å². The molecule has 0 atom stereocenters. The number of hydrogen-bond donors (Lipinski definition) is 1. The normalized spacial score (nSPS) is 20.9. The SMILES string of the molecule is C#CCC1(N)CCC1.Cl. The lowest BCUT2D eigenvalue weighted by atomic mass is 9.76. The van der Waals surface area contributed by atoms with Gasteiger partial charge in [-0.2, -0.15) is 0 Å². The van der Waals surface area contributed by atoms with Gasteiger partial charge in [0.25, 0.3) is 0 Å². The van der Waals surface area contributed by atoms with Crippen molar-refractivity contribution in [1.82, 2.24) is 0 Å². The first-order valence-corrected chi connectivity index (χ1v) is 2.99. The standard InChI is InChI=1S/C7H11N.ClH/c1-2-4-7(8)5-3-6-7;/h1H,3-6,8H2;1H. The molecule has 0 bridgehead atoms. The van der Waals surface area contributed by atoms with Gasteiger partial charge in [-0.15, -0.1) is 24.8 Å². The summed E-state index contributed by atoms with van der Waals surface area (Å²) in [6.45, 7) is 0. The zero-order chi connectivity index (χ0) is 6.04. The summed E-state index contributed by atoms with van der Waals surface area (Å²) in [4.78, 5) is 0. The van der Waals surface area contributed by atoms with E-state index in [1.807, 2.05) is 0 Å². The minimum absolute atomic E-state index is 0. The Bertz CT molecular complexity index is 121. The van der Waals surface area contributed by atoms with E-state index in [1.165, 1.54) is 6.42 Å². The molecule has 1 aliphatic carbocycles. The third kappa shape index (κ3) is 1.89. The second-order valence-corrected chi connectivity index (χ2v) is 2.60. The molecule has 2 N–H and O–H groups in total. The van der Waals surface area contributed by atoms with Gasteiger partial charge in [0, 0.05) is 12.0 Å². The molecule has 0 heterocycles. The van der Waals surface area contributed by atoms with Crippen LogP contribution >= 0.6 is 12.4 Å². The lowest BCUT2D eigenvalue weighted by Gasteiger charge is -2.36. The number of halogens is 1. The highest BCUT2D eigenvalue weighted by atomic mass is 35.5. The van der Waals surface area contributed by atoms with Gasteiger partial charge in [-0.25, -0.2) is 0 Å². The summed E-state index contributed by atoms with van der Waals surface area (Å²) in [5.74, 6) is 2.59. The maximum Gasteiger partial charge on any atom is 0.0267 e. The maximum atomic E-state index is 5.77. The molecule has 0 aromatic rings. The highest BCUT2D eigenvalue weighted by molar-refractivity contribution is 5.85. The predicted octanol–water partition coefficient (Wildman–Crippen LogP) is 1.31. The van der Waals surface area contributed by atoms with E-state index in [0.717, 1.165) is 19.3 Å². The fourth-order valence-electron chi connectivity index (χ4n) is 1.01. The molecule has 1 aliphatic rings. The minimum atomic E-state index is 0. The molecule has 2 heteroatoms. The third-order valence-electron chi connectivity index (χ3n) is 1.80. The molecule has 1 nitrogen and oxygen atoms in total. The number of hydrogen-bond acceptors (Lipinski definition) is 1. The highest BCUT2D eigenvalue weighted by Gasteiger charge is 2.30. The molecule has 0 aromatic carbocycles. The molecule has 0 spiro atoms. The fraction of sp³-hybridized carbons (Fsp3) is 0.714. The highest BCUT2D eigenvalue weighted by Crippen LogP contribution is 2.31. The summed E-state index contributed by atoms with van der Waals surface area (Å²) < 4.78 is 0. The molecule has 0 radical (unpaired) electrons. The Labute approximate surface area is 62.4 Å². The van der Waals surface area contributed by atoms with E-state index >= 15 is 0 Å². The van der Waals surface area contributed by atoms with Crippen LogP contribution in [0.25, 0.3) is 0 Å². The van der Waals surface area contributed by atoms with Crippen LogP contribution in [0, 0.1) is 12.3 Å². The molecule has 1 fully saturated rings. The van der Waals surface area contributed by atoms with E-state index in [1.54, 1.807) is 0 Å². The minimum Gasteiger partial charge on any atom is -0.324 e. The van der Waals surface area contributed by atoms with Crippen molar-refractivity contribution >= 4 is 12.4 Å². The van der Waals surface area contributed by atoms with Gasteiger partial charge in [0.2, 0.25) is 0 Å². The van der Waals surface area contributed by atoms with Gasteiger partial charge in [-0.3, -0.25) is 0 Å². The van der Waals surface area contributed by atoms with Crippen LogP contribution in [-0.4, -0.2) is 5.54 Å². The van der Waals surface area contributed by atoms with Crippen LogP contribution in [0.4, 0.5) is 0 Å². The molecule has 0 unspecified atom stereocenters. The molecule has 0 saturated heterocycles. The summed E-state index contributed by atoms with van der Waals surface area (Å²) in [7, 11) is 0. The van der Waals surface area contributed by atoms with Crippen molar-refractivity contribution in [3.63, 3.8) is 0 Å². The van der Waals surface area contributed by atoms with Gasteiger partial charge in [-0.05, 0) is 19.3 Å². The lowest BCUT2D eigenvalue weighted by Crippen LogP contribution is -2.45. The Kier molecular flexibility index (Phi) is 3.03. The van der Waals surface area contributed by atoms with Crippen molar-refractivity contribution < 1.29 is 0 Å². The smallest absolute Gasteiger partial charge is 0.0267 e. The van der Waals surface area contributed by atoms with Crippen molar-refractivity contribution in [3.05, 3.63) is 0 Å². The van der Waals surface area contributed by atoms with Gasteiger partial charge >= 0.3 is 0 Å². The summed E-state index contributed by atoms with van der Waals surface area (Å²) >= 11 is 0. The van der Waals surface area contributed by atoms with Gasteiger partial charge in [-0.1, -0.05) is 0 Å². The van der Waals surface area contributed by atoms with Crippen LogP contribution in [0.1, 0.15) is 25.7 Å². The van der Waals surface area contributed by atoms with Crippen molar-refractivity contribution in [2.75, 3.05) is 0 Å². The van der Waals surface area contributed by atoms with Gasteiger partial charge in [0.1, 0.15) is 0 Å². The van der Waals surface area contributed by atoms with Crippen molar-refractivity contribution in [2.45, 2.75) is 31.2 Å². The summed E-state index contributed by atoms with van der Waals surface area (Å²) in [5, 5.41) is 0. The molecule has 0 amide bonds. The third-order valence-corrected chi connectivity index (χ3v) is 1.80. The van der Waals surface area contributed by atoms with Crippen molar-refractivity contribution in [3.8, 4) is 12.3 Å². The summed E-state index contributed by atoms with van der Waals surface area (Å²) in [5.41, 5.74) is 5.81. The molecule has 1 rings (SSSR count). The fourth-order valence-corrected chi connectivity index (χ4v) is 1.01. The summed E-state index contributed by atoms with van der Waals surface area (Å²) in [6.07, 6.45) is 9.36. The number of rotatable bonds is 1. The Balaban J connectivity index is 0.000000640. The first kappa shape index (κ1) is 8.81. The Morgan fingerprint density at radius 1 is 1.56 bits per heavy atom. The van der Waals surface area contributed by atoms with E-state index in [-0.39, 0.29) is 17.9 Å². The first-order chi connectivity index (χ1) is 3.77. The maximum absolute atomic E-state index is 5.77. The van der Waals surface area contributed by atoms with Crippen LogP contribution in [0.2, 0.25) is 0 Å². The average Bonchev–Trinajstić information content (AvgIpc) is 1.64. The zero-order valence-electron chi connectivity index (χ0n) is 5.39. The monoisotopic (exact) mass is 145 g/mol. The van der Waals surface area contributed by atoms with Gasteiger partial charge in [0.15, 0.2) is 0 Å². The lowest BCUT2D eigenvalue weighted by molar-refractivity contribution is 0.255. The topological polar surface area (TPSA) is 26.0 Å². The van der Waals surface area contributed by atoms with E-state index in [2.05, 4.69) is 5.92 Å². The molecule has 52 valence electrons. The second-order valence-electron chi connectivity index (χ2n) is 2.60. The van der Waals surface area contributed by atoms with E-state index in [4.69, 9.17) is 12.2 Å².